The second kappa shape index (κ2) is 8.67. The number of aryl methyl sites for hydroxylation is 3. The van der Waals surface area contributed by atoms with Crippen molar-refractivity contribution in [2.45, 2.75) is 45.6 Å². The number of ether oxygens (including phenoxy) is 1. The average Bonchev–Trinajstić information content (AvgIpc) is 3.24. The third-order valence-corrected chi connectivity index (χ3v) is 6.78. The van der Waals surface area contributed by atoms with E-state index in [2.05, 4.69) is 21.1 Å². The molecule has 2 atom stereocenters. The maximum Gasteiger partial charge on any atom is 0.182 e. The van der Waals surface area contributed by atoms with Gasteiger partial charge in [-0.1, -0.05) is 0 Å². The van der Waals surface area contributed by atoms with Gasteiger partial charge in [0.05, 0.1) is 28.7 Å². The van der Waals surface area contributed by atoms with Crippen LogP contribution in [0.1, 0.15) is 53.3 Å². The standard InChI is InChI=1S/C27H24F2N6O/c1-14-10-20-11-17(6-8-35(20)34-14)23-12-18(7-9-36-23)26-32-24(21-5-4-19(28)13-22(21)29)25-27(33-26)31-16(3)15(2)30-25/h4-6,8,10-11,13,18,23H,7,9,12H2,1-3H3. The van der Waals surface area contributed by atoms with E-state index in [0.29, 0.717) is 41.4 Å². The van der Waals surface area contributed by atoms with Crippen LogP contribution in [-0.4, -0.2) is 36.2 Å². The Morgan fingerprint density at radius 1 is 0.944 bits per heavy atom. The highest BCUT2D eigenvalue weighted by molar-refractivity contribution is 5.87. The lowest BCUT2D eigenvalue weighted by atomic mass is 9.91. The SMILES string of the molecule is Cc1cc2cc(C3CC(c4nc(-c5ccc(F)cc5F)c5nc(C)c(C)nc5n4)CCO3)ccn2n1. The molecule has 9 heteroatoms. The first kappa shape index (κ1) is 22.6. The van der Waals surface area contributed by atoms with E-state index in [9.17, 15) is 8.78 Å². The van der Waals surface area contributed by atoms with Crippen LogP contribution in [0, 0.1) is 32.4 Å². The smallest absolute Gasteiger partial charge is 0.182 e. The van der Waals surface area contributed by atoms with Crippen molar-refractivity contribution in [2.75, 3.05) is 6.61 Å². The minimum Gasteiger partial charge on any atom is -0.373 e. The number of fused-ring (bicyclic) bond motifs is 2. The zero-order chi connectivity index (χ0) is 25.0. The molecule has 5 aromatic rings. The van der Waals surface area contributed by atoms with Crippen molar-refractivity contribution in [2.24, 2.45) is 0 Å². The van der Waals surface area contributed by atoms with Crippen molar-refractivity contribution in [3.8, 4) is 11.3 Å². The number of hydrogen-bond donors (Lipinski definition) is 0. The molecule has 0 spiro atoms. The number of benzene rings is 1. The fourth-order valence-corrected chi connectivity index (χ4v) is 4.78. The lowest BCUT2D eigenvalue weighted by Gasteiger charge is -2.29. The molecule has 6 rings (SSSR count). The Bertz CT molecular complexity index is 1630. The summed E-state index contributed by atoms with van der Waals surface area (Å²) in [5.74, 6) is -0.809. The lowest BCUT2D eigenvalue weighted by Crippen LogP contribution is -2.21. The van der Waals surface area contributed by atoms with Crippen molar-refractivity contribution in [3.05, 3.63) is 82.7 Å². The second-order valence-electron chi connectivity index (χ2n) is 9.32. The van der Waals surface area contributed by atoms with Crippen LogP contribution in [0.4, 0.5) is 8.78 Å². The highest BCUT2D eigenvalue weighted by Gasteiger charge is 2.29. The monoisotopic (exact) mass is 486 g/mol. The van der Waals surface area contributed by atoms with Crippen LogP contribution in [0.3, 0.4) is 0 Å². The quantitative estimate of drug-likeness (QED) is 0.332. The van der Waals surface area contributed by atoms with E-state index >= 15 is 0 Å². The first-order valence-corrected chi connectivity index (χ1v) is 11.9. The topological polar surface area (TPSA) is 78.1 Å². The molecule has 36 heavy (non-hydrogen) atoms. The van der Waals surface area contributed by atoms with Crippen molar-refractivity contribution in [1.82, 2.24) is 29.5 Å². The third-order valence-electron chi connectivity index (χ3n) is 6.78. The highest BCUT2D eigenvalue weighted by atomic mass is 19.1. The summed E-state index contributed by atoms with van der Waals surface area (Å²) in [5, 5.41) is 4.44. The molecule has 1 saturated heterocycles. The second-order valence-corrected chi connectivity index (χ2v) is 9.32. The molecule has 0 aliphatic carbocycles. The Labute approximate surface area is 206 Å². The maximum absolute atomic E-state index is 14.9. The summed E-state index contributed by atoms with van der Waals surface area (Å²) in [4.78, 5) is 18.8. The van der Waals surface area contributed by atoms with Gasteiger partial charge in [-0.15, -0.1) is 0 Å². The van der Waals surface area contributed by atoms with Gasteiger partial charge in [0.25, 0.3) is 0 Å². The number of rotatable bonds is 3. The van der Waals surface area contributed by atoms with Crippen molar-refractivity contribution >= 4 is 16.7 Å². The Morgan fingerprint density at radius 3 is 2.61 bits per heavy atom. The molecule has 0 bridgehead atoms. The zero-order valence-corrected chi connectivity index (χ0v) is 20.2. The van der Waals surface area contributed by atoms with E-state index in [1.807, 2.05) is 43.6 Å². The van der Waals surface area contributed by atoms with Gasteiger partial charge in [-0.05, 0) is 69.5 Å². The Morgan fingerprint density at radius 2 is 1.78 bits per heavy atom. The van der Waals surface area contributed by atoms with E-state index in [1.54, 1.807) is 0 Å². The Balaban J connectivity index is 1.43. The summed E-state index contributed by atoms with van der Waals surface area (Å²) in [7, 11) is 0. The maximum atomic E-state index is 14.9. The summed E-state index contributed by atoms with van der Waals surface area (Å²) in [5.41, 5.74) is 5.77. The Kier molecular flexibility index (Phi) is 5.44. The first-order valence-electron chi connectivity index (χ1n) is 11.9. The van der Waals surface area contributed by atoms with Crippen LogP contribution in [0.2, 0.25) is 0 Å². The predicted octanol–water partition coefficient (Wildman–Crippen LogP) is 5.57. The average molecular weight is 487 g/mol. The van der Waals surface area contributed by atoms with Gasteiger partial charge in [0, 0.05) is 30.4 Å². The van der Waals surface area contributed by atoms with E-state index < -0.39 is 11.6 Å². The predicted molar refractivity (Wildman–Crippen MR) is 131 cm³/mol. The fourth-order valence-electron chi connectivity index (χ4n) is 4.78. The Hall–Kier alpha value is -3.85. The van der Waals surface area contributed by atoms with Gasteiger partial charge >= 0.3 is 0 Å². The summed E-state index contributed by atoms with van der Waals surface area (Å²) >= 11 is 0. The van der Waals surface area contributed by atoms with Crippen molar-refractivity contribution in [3.63, 3.8) is 0 Å². The number of aromatic nitrogens is 6. The van der Waals surface area contributed by atoms with Gasteiger partial charge < -0.3 is 4.74 Å². The van der Waals surface area contributed by atoms with Gasteiger partial charge in [-0.25, -0.2) is 33.2 Å². The summed E-state index contributed by atoms with van der Waals surface area (Å²) in [6, 6.07) is 9.61. The van der Waals surface area contributed by atoms with Gasteiger partial charge in [-0.2, -0.15) is 5.10 Å². The third kappa shape index (κ3) is 3.99. The number of nitrogens with zero attached hydrogens (tertiary/aromatic N) is 6. The molecule has 5 heterocycles. The van der Waals surface area contributed by atoms with Gasteiger partial charge in [0.2, 0.25) is 0 Å². The molecule has 1 aromatic carbocycles. The highest BCUT2D eigenvalue weighted by Crippen LogP contribution is 2.38. The molecule has 7 nitrogen and oxygen atoms in total. The summed E-state index contributed by atoms with van der Waals surface area (Å²) < 4.78 is 36.5. The largest absolute Gasteiger partial charge is 0.373 e. The van der Waals surface area contributed by atoms with Crippen LogP contribution < -0.4 is 0 Å². The zero-order valence-electron chi connectivity index (χ0n) is 20.2. The number of halogens is 2. The number of pyridine rings is 1. The minimum atomic E-state index is -0.699. The van der Waals surface area contributed by atoms with E-state index in [-0.39, 0.29) is 17.6 Å². The molecule has 0 saturated carbocycles. The minimum absolute atomic E-state index is 0.0262. The fraction of sp³-hybridized carbons (Fsp3) is 0.296. The molecular weight excluding hydrogens is 462 g/mol. The number of hydrogen-bond acceptors (Lipinski definition) is 6. The molecule has 1 aliphatic rings. The summed E-state index contributed by atoms with van der Waals surface area (Å²) in [6.07, 6.45) is 3.19. The van der Waals surface area contributed by atoms with E-state index in [1.165, 1.54) is 12.1 Å². The normalized spacial score (nSPS) is 18.2. The molecule has 0 N–H and O–H groups in total. The lowest BCUT2D eigenvalue weighted by molar-refractivity contribution is 0.00402. The molecule has 4 aromatic heterocycles. The van der Waals surface area contributed by atoms with E-state index in [0.717, 1.165) is 35.0 Å². The van der Waals surface area contributed by atoms with Crippen molar-refractivity contribution in [1.29, 1.82) is 0 Å². The molecule has 1 aliphatic heterocycles. The summed E-state index contributed by atoms with van der Waals surface area (Å²) in [6.45, 7) is 6.20. The van der Waals surface area contributed by atoms with Gasteiger partial charge in [-0.3, -0.25) is 0 Å². The molecule has 0 radical (unpaired) electrons. The van der Waals surface area contributed by atoms with Crippen LogP contribution in [0.5, 0.6) is 0 Å². The molecule has 1 fully saturated rings. The van der Waals surface area contributed by atoms with Crippen LogP contribution in [-0.2, 0) is 4.74 Å². The molecule has 0 amide bonds. The van der Waals surface area contributed by atoms with Crippen LogP contribution in [0.25, 0.3) is 27.9 Å². The molecular formula is C27H24F2N6O. The molecule has 2 unspecified atom stereocenters. The van der Waals surface area contributed by atoms with Gasteiger partial charge in [0.15, 0.2) is 5.65 Å². The van der Waals surface area contributed by atoms with E-state index in [4.69, 9.17) is 14.7 Å². The first-order chi connectivity index (χ1) is 17.4. The van der Waals surface area contributed by atoms with Gasteiger partial charge in [0.1, 0.15) is 28.7 Å². The van der Waals surface area contributed by atoms with Crippen LogP contribution in [0.15, 0.2) is 42.6 Å². The van der Waals surface area contributed by atoms with Crippen LogP contribution >= 0.6 is 0 Å². The van der Waals surface area contributed by atoms with Crippen molar-refractivity contribution < 1.29 is 13.5 Å². The molecule has 182 valence electrons.